The van der Waals surface area contributed by atoms with Gasteiger partial charge in [0.1, 0.15) is 0 Å². The van der Waals surface area contributed by atoms with Crippen LogP contribution in [0.2, 0.25) is 0 Å². The van der Waals surface area contributed by atoms with Crippen LogP contribution in [0.5, 0.6) is 0 Å². The van der Waals surface area contributed by atoms with Crippen LogP contribution in [0.3, 0.4) is 0 Å². The lowest BCUT2D eigenvalue weighted by Gasteiger charge is -2.18. The van der Waals surface area contributed by atoms with Crippen LogP contribution in [0, 0.1) is 0 Å². The van der Waals surface area contributed by atoms with Crippen molar-refractivity contribution in [1.29, 1.82) is 0 Å². The third-order valence-electron chi connectivity index (χ3n) is 2.79. The summed E-state index contributed by atoms with van der Waals surface area (Å²) in [5, 5.41) is 3.20. The number of nitrogens with one attached hydrogen (secondary N) is 1. The zero-order valence-corrected chi connectivity index (χ0v) is 11.1. The Hall–Kier alpha value is -0.760. The first-order valence-corrected chi connectivity index (χ1v) is 5.73. The van der Waals surface area contributed by atoms with Crippen LogP contribution in [-0.4, -0.2) is 32.6 Å². The lowest BCUT2D eigenvalue weighted by atomic mass is 10.0. The number of hydrogen-bond acceptors (Lipinski definition) is 2. The molecule has 0 rings (SSSR count). The molecule has 2 nitrogen and oxygen atoms in total. The molecule has 88 valence electrons. The summed E-state index contributed by atoms with van der Waals surface area (Å²) >= 11 is 0. The monoisotopic (exact) mass is 210 g/mol. The molecule has 0 aliphatic heterocycles. The highest BCUT2D eigenvalue weighted by molar-refractivity contribution is 5.32. The Balaban J connectivity index is 4.77. The number of rotatable bonds is 6. The van der Waals surface area contributed by atoms with Gasteiger partial charge in [-0.1, -0.05) is 13.0 Å². The summed E-state index contributed by atoms with van der Waals surface area (Å²) in [5.74, 6) is 0. The van der Waals surface area contributed by atoms with E-state index >= 15 is 0 Å². The molecule has 15 heavy (non-hydrogen) atoms. The summed E-state index contributed by atoms with van der Waals surface area (Å²) in [5.41, 5.74) is 4.24. The third-order valence-corrected chi connectivity index (χ3v) is 2.79. The Bertz CT molecular complexity index is 237. The van der Waals surface area contributed by atoms with Crippen LogP contribution in [0.1, 0.15) is 33.6 Å². The molecule has 0 aromatic rings. The SMILES string of the molecule is CC/C=C(CCNC)/C(C)=C(/C)N(C)C. The number of nitrogens with zero attached hydrogens (tertiary/aromatic N) is 1. The van der Waals surface area contributed by atoms with Gasteiger partial charge in [-0.25, -0.2) is 0 Å². The molecular weight excluding hydrogens is 184 g/mol. The zero-order chi connectivity index (χ0) is 11.8. The van der Waals surface area contributed by atoms with Crippen molar-refractivity contribution in [3.63, 3.8) is 0 Å². The first-order chi connectivity index (χ1) is 7.04. The first kappa shape index (κ1) is 14.2. The molecule has 0 amide bonds. The normalized spacial score (nSPS) is 13.9. The third kappa shape index (κ3) is 5.03. The molecule has 0 radical (unpaired) electrons. The molecule has 2 heteroatoms. The maximum Gasteiger partial charge on any atom is 0.0128 e. The van der Waals surface area contributed by atoms with E-state index in [2.05, 4.69) is 51.2 Å². The standard InChI is InChI=1S/C13H26N2/c1-7-8-13(9-10-14-4)11(2)12(3)15(5)6/h8,14H,7,9-10H2,1-6H3/b12-11-,13-8+. The highest BCUT2D eigenvalue weighted by atomic mass is 15.1. The largest absolute Gasteiger partial charge is 0.381 e. The second-order valence-electron chi connectivity index (χ2n) is 4.10. The van der Waals surface area contributed by atoms with Crippen LogP contribution in [0.4, 0.5) is 0 Å². The van der Waals surface area contributed by atoms with E-state index in [4.69, 9.17) is 0 Å². The van der Waals surface area contributed by atoms with Crippen molar-refractivity contribution >= 4 is 0 Å². The van der Waals surface area contributed by atoms with Crippen molar-refractivity contribution in [1.82, 2.24) is 10.2 Å². The van der Waals surface area contributed by atoms with Crippen molar-refractivity contribution < 1.29 is 0 Å². The van der Waals surface area contributed by atoms with Gasteiger partial charge in [0.15, 0.2) is 0 Å². The van der Waals surface area contributed by atoms with Crippen LogP contribution >= 0.6 is 0 Å². The molecule has 0 atom stereocenters. The van der Waals surface area contributed by atoms with Gasteiger partial charge in [-0.05, 0) is 51.4 Å². The van der Waals surface area contributed by atoms with Crippen molar-refractivity contribution in [3.8, 4) is 0 Å². The van der Waals surface area contributed by atoms with Crippen LogP contribution in [0.25, 0.3) is 0 Å². The van der Waals surface area contributed by atoms with E-state index in [-0.39, 0.29) is 0 Å². The molecule has 0 heterocycles. The molecule has 0 aliphatic carbocycles. The molecule has 0 unspecified atom stereocenters. The predicted octanol–water partition coefficient (Wildman–Crippen LogP) is 2.79. The molecule has 0 saturated heterocycles. The van der Waals surface area contributed by atoms with Gasteiger partial charge in [0.25, 0.3) is 0 Å². The summed E-state index contributed by atoms with van der Waals surface area (Å²) in [6.07, 6.45) is 4.55. The summed E-state index contributed by atoms with van der Waals surface area (Å²) in [6, 6.07) is 0. The van der Waals surface area contributed by atoms with Gasteiger partial charge in [0, 0.05) is 19.8 Å². The average molecular weight is 210 g/mol. The molecule has 0 aromatic carbocycles. The van der Waals surface area contributed by atoms with Gasteiger partial charge in [-0.2, -0.15) is 0 Å². The minimum atomic E-state index is 1.05. The van der Waals surface area contributed by atoms with Crippen LogP contribution < -0.4 is 5.32 Å². The fourth-order valence-electron chi connectivity index (χ4n) is 1.52. The summed E-state index contributed by atoms with van der Waals surface area (Å²) < 4.78 is 0. The van der Waals surface area contributed by atoms with Crippen molar-refractivity contribution in [2.45, 2.75) is 33.6 Å². The van der Waals surface area contributed by atoms with E-state index in [1.165, 1.54) is 16.8 Å². The van der Waals surface area contributed by atoms with Gasteiger partial charge in [0.05, 0.1) is 0 Å². The molecular formula is C13H26N2. The maximum absolute atomic E-state index is 3.20. The minimum Gasteiger partial charge on any atom is -0.381 e. The lowest BCUT2D eigenvalue weighted by Crippen LogP contribution is -2.13. The van der Waals surface area contributed by atoms with Crippen molar-refractivity contribution in [3.05, 3.63) is 22.9 Å². The van der Waals surface area contributed by atoms with Crippen molar-refractivity contribution in [2.75, 3.05) is 27.7 Å². The summed E-state index contributed by atoms with van der Waals surface area (Å²) in [7, 11) is 6.20. The van der Waals surface area contributed by atoms with Gasteiger partial charge in [-0.15, -0.1) is 0 Å². The van der Waals surface area contributed by atoms with E-state index in [1.807, 2.05) is 7.05 Å². The Morgan fingerprint density at radius 1 is 1.27 bits per heavy atom. The number of hydrogen-bond donors (Lipinski definition) is 1. The molecule has 1 N–H and O–H groups in total. The van der Waals surface area contributed by atoms with Crippen LogP contribution in [0.15, 0.2) is 22.9 Å². The second-order valence-corrected chi connectivity index (χ2v) is 4.10. The van der Waals surface area contributed by atoms with E-state index in [9.17, 15) is 0 Å². The minimum absolute atomic E-state index is 1.05. The zero-order valence-electron chi connectivity index (χ0n) is 11.1. The molecule has 0 aliphatic rings. The Morgan fingerprint density at radius 3 is 2.27 bits per heavy atom. The quantitative estimate of drug-likeness (QED) is 0.678. The fraction of sp³-hybridized carbons (Fsp3) is 0.692. The second kappa shape index (κ2) is 7.52. The summed E-state index contributed by atoms with van der Waals surface area (Å²) in [4.78, 5) is 2.18. The molecule has 0 fully saturated rings. The Kier molecular flexibility index (Phi) is 7.14. The maximum atomic E-state index is 3.20. The highest BCUT2D eigenvalue weighted by Crippen LogP contribution is 2.19. The number of allylic oxidation sites excluding steroid dienone is 3. The van der Waals surface area contributed by atoms with Gasteiger partial charge >= 0.3 is 0 Å². The summed E-state index contributed by atoms with van der Waals surface area (Å²) in [6.45, 7) is 7.63. The molecule has 0 aromatic heterocycles. The highest BCUT2D eigenvalue weighted by Gasteiger charge is 2.04. The Morgan fingerprint density at radius 2 is 1.87 bits per heavy atom. The van der Waals surface area contributed by atoms with E-state index in [1.54, 1.807) is 0 Å². The molecule has 0 bridgehead atoms. The predicted molar refractivity (Wildman–Crippen MR) is 69.0 cm³/mol. The van der Waals surface area contributed by atoms with E-state index in [0.29, 0.717) is 0 Å². The smallest absolute Gasteiger partial charge is 0.0128 e. The van der Waals surface area contributed by atoms with E-state index < -0.39 is 0 Å². The van der Waals surface area contributed by atoms with E-state index in [0.717, 1.165) is 19.4 Å². The lowest BCUT2D eigenvalue weighted by molar-refractivity contribution is 0.507. The topological polar surface area (TPSA) is 15.3 Å². The Labute approximate surface area is 95.0 Å². The molecule has 0 saturated carbocycles. The van der Waals surface area contributed by atoms with Gasteiger partial charge in [-0.3, -0.25) is 0 Å². The molecule has 0 spiro atoms. The van der Waals surface area contributed by atoms with Crippen LogP contribution in [-0.2, 0) is 0 Å². The van der Waals surface area contributed by atoms with Gasteiger partial charge < -0.3 is 10.2 Å². The average Bonchev–Trinajstić information content (AvgIpc) is 2.22. The first-order valence-electron chi connectivity index (χ1n) is 5.73. The fourth-order valence-corrected chi connectivity index (χ4v) is 1.52. The van der Waals surface area contributed by atoms with Crippen molar-refractivity contribution in [2.24, 2.45) is 0 Å². The van der Waals surface area contributed by atoms with Gasteiger partial charge in [0.2, 0.25) is 0 Å².